The van der Waals surface area contributed by atoms with E-state index in [1.165, 1.54) is 161 Å². The average Bonchev–Trinajstić information content (AvgIpc) is 3.56. The summed E-state index contributed by atoms with van der Waals surface area (Å²) in [5.41, 5.74) is 0. The number of carbonyl (C=O) groups excluding carboxylic acids is 4. The van der Waals surface area contributed by atoms with Crippen molar-refractivity contribution in [1.29, 1.82) is 0 Å². The molecule has 3 N–H and O–H groups in total. The van der Waals surface area contributed by atoms with Crippen molar-refractivity contribution in [2.75, 3.05) is 39.6 Å². The fourth-order valence-corrected chi connectivity index (χ4v) is 12.0. The van der Waals surface area contributed by atoms with Gasteiger partial charge in [0.25, 0.3) is 0 Å². The minimum Gasteiger partial charge on any atom is -0.462 e. The average molecular weight is 1300 g/mol. The lowest BCUT2D eigenvalue weighted by Gasteiger charge is -2.21. The maximum absolute atomic E-state index is 13.0. The van der Waals surface area contributed by atoms with Crippen LogP contribution in [0.25, 0.3) is 0 Å². The summed E-state index contributed by atoms with van der Waals surface area (Å²) < 4.78 is 68.2. The highest BCUT2D eigenvalue weighted by atomic mass is 31.2. The number of esters is 4. The normalized spacial score (nSPS) is 14.2. The van der Waals surface area contributed by atoms with Crippen LogP contribution in [0.2, 0.25) is 0 Å². The Hall–Kier alpha value is -1.94. The molecule has 0 bridgehead atoms. The summed E-state index contributed by atoms with van der Waals surface area (Å²) in [6.45, 7) is 9.45. The molecule has 0 fully saturated rings. The summed E-state index contributed by atoms with van der Waals surface area (Å²) in [7, 11) is -9.90. The van der Waals surface area contributed by atoms with Crippen molar-refractivity contribution >= 4 is 39.5 Å². The van der Waals surface area contributed by atoms with Crippen molar-refractivity contribution in [1.82, 2.24) is 0 Å². The molecule has 0 spiro atoms. The standard InChI is InChI=1S/C69H134O17P2/c1-7-9-11-13-15-17-19-20-21-22-23-25-27-35-42-48-54-69(74)85-64(57-79-66(71)51-45-39-33-29-28-31-37-43-49-61(3)4)59-83-87(75,76)81-55-63(70)56-82-88(77,78)84-60-65(58-80-67(72)52-46-40-36-30-32-38-44-50-62(5)6)86-68(73)53-47-41-34-26-24-18-16-14-12-10-8-2/h61-65,70H,7-60H2,1-6H3,(H,75,76)(H,77,78)/t63-,64-,65-/m1/s1. The van der Waals surface area contributed by atoms with Crippen LogP contribution >= 0.6 is 15.6 Å². The van der Waals surface area contributed by atoms with Crippen molar-refractivity contribution in [2.24, 2.45) is 11.8 Å². The first-order valence-electron chi connectivity index (χ1n) is 36.0. The Bertz CT molecular complexity index is 1720. The molecule has 0 aliphatic heterocycles. The second-order valence-corrected chi connectivity index (χ2v) is 28.8. The van der Waals surface area contributed by atoms with E-state index in [4.69, 9.17) is 37.0 Å². The monoisotopic (exact) mass is 1300 g/mol. The van der Waals surface area contributed by atoms with Gasteiger partial charge in [0.1, 0.15) is 19.3 Å². The third-order valence-electron chi connectivity index (χ3n) is 16.0. The third-order valence-corrected chi connectivity index (χ3v) is 17.9. The fraction of sp³-hybridized carbons (Fsp3) is 0.942. The predicted octanol–water partition coefficient (Wildman–Crippen LogP) is 19.6. The van der Waals surface area contributed by atoms with E-state index < -0.39 is 97.5 Å². The zero-order valence-electron chi connectivity index (χ0n) is 57.0. The van der Waals surface area contributed by atoms with Crippen molar-refractivity contribution < 1.29 is 80.2 Å². The van der Waals surface area contributed by atoms with Crippen LogP contribution in [0.1, 0.15) is 350 Å². The largest absolute Gasteiger partial charge is 0.472 e. The summed E-state index contributed by atoms with van der Waals surface area (Å²) >= 11 is 0. The highest BCUT2D eigenvalue weighted by Gasteiger charge is 2.30. The number of ether oxygens (including phenoxy) is 4. The lowest BCUT2D eigenvalue weighted by atomic mass is 10.0. The fourth-order valence-electron chi connectivity index (χ4n) is 10.4. The zero-order valence-corrected chi connectivity index (χ0v) is 58.8. The molecule has 0 aromatic heterocycles. The number of rotatable bonds is 68. The Balaban J connectivity index is 5.23. The number of hydrogen-bond donors (Lipinski definition) is 3. The van der Waals surface area contributed by atoms with E-state index in [2.05, 4.69) is 41.5 Å². The lowest BCUT2D eigenvalue weighted by Crippen LogP contribution is -2.30. The molecular formula is C69H134O17P2. The molecule has 0 rings (SSSR count). The van der Waals surface area contributed by atoms with Gasteiger partial charge >= 0.3 is 39.5 Å². The van der Waals surface area contributed by atoms with Gasteiger partial charge in [-0.05, 0) is 37.5 Å². The molecule has 522 valence electrons. The van der Waals surface area contributed by atoms with Crippen LogP contribution in [0.5, 0.6) is 0 Å². The predicted molar refractivity (Wildman–Crippen MR) is 354 cm³/mol. The van der Waals surface area contributed by atoms with Crippen LogP contribution in [0.4, 0.5) is 0 Å². The van der Waals surface area contributed by atoms with E-state index in [-0.39, 0.29) is 25.7 Å². The summed E-state index contributed by atoms with van der Waals surface area (Å²) in [6.07, 6.45) is 45.9. The number of aliphatic hydroxyl groups excluding tert-OH is 1. The lowest BCUT2D eigenvalue weighted by molar-refractivity contribution is -0.161. The smallest absolute Gasteiger partial charge is 0.462 e. The van der Waals surface area contributed by atoms with Crippen LogP contribution in [-0.4, -0.2) is 96.7 Å². The molecule has 0 aromatic carbocycles. The van der Waals surface area contributed by atoms with Gasteiger partial charge in [0, 0.05) is 25.7 Å². The highest BCUT2D eigenvalue weighted by molar-refractivity contribution is 7.47. The first-order chi connectivity index (χ1) is 42.4. The van der Waals surface area contributed by atoms with Gasteiger partial charge in [0.2, 0.25) is 0 Å². The number of hydrogen-bond acceptors (Lipinski definition) is 15. The molecule has 0 aromatic rings. The minimum atomic E-state index is -4.95. The molecule has 0 amide bonds. The number of aliphatic hydroxyl groups is 1. The molecule has 88 heavy (non-hydrogen) atoms. The van der Waals surface area contributed by atoms with E-state index in [9.17, 15) is 43.2 Å². The van der Waals surface area contributed by atoms with Crippen molar-refractivity contribution in [3.8, 4) is 0 Å². The summed E-state index contributed by atoms with van der Waals surface area (Å²) in [6, 6.07) is 0. The molecule has 0 aliphatic carbocycles. The number of unbranched alkanes of at least 4 members (excludes halogenated alkanes) is 38. The van der Waals surface area contributed by atoms with Gasteiger partial charge in [-0.2, -0.15) is 0 Å². The first-order valence-corrected chi connectivity index (χ1v) is 39.0. The van der Waals surface area contributed by atoms with Crippen molar-refractivity contribution in [2.45, 2.75) is 368 Å². The van der Waals surface area contributed by atoms with Crippen LogP contribution in [0, 0.1) is 11.8 Å². The molecule has 17 nitrogen and oxygen atoms in total. The second-order valence-electron chi connectivity index (χ2n) is 25.9. The number of phosphoric ester groups is 2. The molecule has 0 saturated heterocycles. The van der Waals surface area contributed by atoms with Crippen LogP contribution in [0.15, 0.2) is 0 Å². The molecular weight excluding hydrogens is 1160 g/mol. The van der Waals surface area contributed by atoms with Gasteiger partial charge in [-0.1, -0.05) is 298 Å². The zero-order chi connectivity index (χ0) is 65.0. The van der Waals surface area contributed by atoms with Crippen LogP contribution < -0.4 is 0 Å². The van der Waals surface area contributed by atoms with Crippen molar-refractivity contribution in [3.63, 3.8) is 0 Å². The molecule has 0 aliphatic rings. The maximum atomic E-state index is 13.0. The van der Waals surface area contributed by atoms with E-state index in [1.54, 1.807) is 0 Å². The van der Waals surface area contributed by atoms with Gasteiger partial charge in [-0.15, -0.1) is 0 Å². The number of phosphoric acid groups is 2. The van der Waals surface area contributed by atoms with Gasteiger partial charge in [0.15, 0.2) is 12.2 Å². The molecule has 0 saturated carbocycles. The molecule has 2 unspecified atom stereocenters. The van der Waals surface area contributed by atoms with Gasteiger partial charge < -0.3 is 33.8 Å². The Labute approximate surface area is 537 Å². The third kappa shape index (κ3) is 62.8. The van der Waals surface area contributed by atoms with Crippen LogP contribution in [0.3, 0.4) is 0 Å². The maximum Gasteiger partial charge on any atom is 0.472 e. The Morgan fingerprint density at radius 3 is 0.773 bits per heavy atom. The van der Waals surface area contributed by atoms with Crippen molar-refractivity contribution in [3.05, 3.63) is 0 Å². The molecule has 0 heterocycles. The van der Waals surface area contributed by atoms with Crippen LogP contribution in [-0.2, 0) is 65.4 Å². The second kappa shape index (κ2) is 61.3. The van der Waals surface area contributed by atoms with E-state index in [0.29, 0.717) is 31.6 Å². The summed E-state index contributed by atoms with van der Waals surface area (Å²) in [5.74, 6) is -0.694. The topological polar surface area (TPSA) is 237 Å². The highest BCUT2D eigenvalue weighted by Crippen LogP contribution is 2.45. The Kier molecular flexibility index (Phi) is 59.9. The molecule has 0 radical (unpaired) electrons. The SMILES string of the molecule is CCCCCCCCCCCCCCCCCCC(=O)O[C@H](COC(=O)CCCCCCCCCCC(C)C)COP(=O)(O)OC[C@@H](O)COP(=O)(O)OC[C@@H](COC(=O)CCCCCCCCCC(C)C)OC(=O)CCCCCCCCCCCCC. The Morgan fingerprint density at radius 2 is 0.523 bits per heavy atom. The van der Waals surface area contributed by atoms with Gasteiger partial charge in [-0.3, -0.25) is 37.3 Å². The van der Waals surface area contributed by atoms with Gasteiger partial charge in [-0.25, -0.2) is 9.13 Å². The first kappa shape index (κ1) is 86.1. The van der Waals surface area contributed by atoms with E-state index in [1.807, 2.05) is 0 Å². The van der Waals surface area contributed by atoms with E-state index >= 15 is 0 Å². The van der Waals surface area contributed by atoms with E-state index in [0.717, 1.165) is 102 Å². The van der Waals surface area contributed by atoms with Gasteiger partial charge in [0.05, 0.1) is 26.4 Å². The Morgan fingerprint density at radius 1 is 0.307 bits per heavy atom. The summed E-state index contributed by atoms with van der Waals surface area (Å²) in [5, 5.41) is 10.6. The quantitative estimate of drug-likeness (QED) is 0.0222. The molecule has 5 atom stereocenters. The molecule has 19 heteroatoms. The number of carbonyl (C=O) groups is 4. The minimum absolute atomic E-state index is 0.106. The summed E-state index contributed by atoms with van der Waals surface area (Å²) in [4.78, 5) is 72.4.